The molecule has 0 radical (unpaired) electrons. The van der Waals surface area contributed by atoms with Crippen LogP contribution in [0, 0.1) is 0 Å². The van der Waals surface area contributed by atoms with E-state index in [1.807, 2.05) is 36.4 Å². The molecule has 2 aromatic heterocycles. The number of benzene rings is 2. The Bertz CT molecular complexity index is 1100. The van der Waals surface area contributed by atoms with Crippen molar-refractivity contribution in [1.29, 1.82) is 0 Å². The van der Waals surface area contributed by atoms with Crippen LogP contribution >= 0.6 is 11.6 Å². The van der Waals surface area contributed by atoms with Crippen LogP contribution in [0.15, 0.2) is 79.1 Å². The molecule has 0 saturated heterocycles. The van der Waals surface area contributed by atoms with Crippen LogP contribution in [0.1, 0.15) is 15.9 Å². The summed E-state index contributed by atoms with van der Waals surface area (Å²) in [6.45, 7) is 0.509. The van der Waals surface area contributed by atoms with Gasteiger partial charge in [-0.05, 0) is 35.9 Å². The largest absolute Gasteiger partial charge is 0.350 e. The molecular formula is C21H16ClN5O. The summed E-state index contributed by atoms with van der Waals surface area (Å²) in [4.78, 5) is 21.6. The molecule has 0 unspecified atom stereocenters. The Balaban J connectivity index is 1.70. The van der Waals surface area contributed by atoms with E-state index in [4.69, 9.17) is 11.6 Å². The lowest BCUT2D eigenvalue weighted by atomic mass is 10.2. The lowest BCUT2D eigenvalue weighted by Crippen LogP contribution is -2.17. The van der Waals surface area contributed by atoms with Gasteiger partial charge in [0, 0.05) is 35.1 Å². The molecule has 4 aromatic rings. The molecule has 7 heteroatoms. The minimum absolute atomic E-state index is 0.319. The first kappa shape index (κ1) is 17.9. The van der Waals surface area contributed by atoms with Gasteiger partial charge in [-0.3, -0.25) is 9.78 Å². The summed E-state index contributed by atoms with van der Waals surface area (Å²) in [7, 11) is 0. The van der Waals surface area contributed by atoms with Crippen molar-refractivity contribution in [3.05, 3.63) is 95.3 Å². The fourth-order valence-electron chi connectivity index (χ4n) is 2.71. The Hall–Kier alpha value is -3.51. The van der Waals surface area contributed by atoms with Crippen molar-refractivity contribution >= 4 is 23.5 Å². The van der Waals surface area contributed by atoms with Crippen molar-refractivity contribution in [2.24, 2.45) is 0 Å². The smallest absolute Gasteiger partial charge is 0.281 e. The molecule has 0 spiro atoms. The fourth-order valence-corrected chi connectivity index (χ4v) is 2.90. The highest BCUT2D eigenvalue weighted by atomic mass is 35.5. The Morgan fingerprint density at radius 3 is 2.64 bits per heavy atom. The van der Waals surface area contributed by atoms with Crippen LogP contribution in [0.4, 0.5) is 5.95 Å². The third kappa shape index (κ3) is 3.92. The molecule has 28 heavy (non-hydrogen) atoms. The number of halogens is 1. The molecular weight excluding hydrogens is 374 g/mol. The van der Waals surface area contributed by atoms with E-state index in [0.29, 0.717) is 28.9 Å². The van der Waals surface area contributed by atoms with E-state index in [9.17, 15) is 4.79 Å². The minimum atomic E-state index is -0.319. The Kier molecular flexibility index (Phi) is 5.12. The van der Waals surface area contributed by atoms with E-state index in [0.717, 1.165) is 11.1 Å². The third-order valence-corrected chi connectivity index (χ3v) is 4.32. The highest BCUT2D eigenvalue weighted by Gasteiger charge is 2.19. The van der Waals surface area contributed by atoms with Gasteiger partial charge >= 0.3 is 0 Å². The van der Waals surface area contributed by atoms with Gasteiger partial charge in [0.1, 0.15) is 0 Å². The molecule has 2 heterocycles. The maximum atomic E-state index is 13.0. The topological polar surface area (TPSA) is 72.7 Å². The zero-order chi connectivity index (χ0) is 19.3. The first-order chi connectivity index (χ1) is 13.7. The fraction of sp³-hybridized carbons (Fsp3) is 0.0476. The summed E-state index contributed by atoms with van der Waals surface area (Å²) in [6.07, 6.45) is 3.33. The van der Waals surface area contributed by atoms with Gasteiger partial charge < -0.3 is 5.32 Å². The highest BCUT2D eigenvalue weighted by Crippen LogP contribution is 2.19. The molecule has 2 aromatic carbocycles. The van der Waals surface area contributed by atoms with Gasteiger partial charge in [0.2, 0.25) is 5.95 Å². The van der Waals surface area contributed by atoms with E-state index in [-0.39, 0.29) is 5.91 Å². The van der Waals surface area contributed by atoms with Crippen molar-refractivity contribution in [1.82, 2.24) is 19.7 Å². The van der Waals surface area contributed by atoms with Crippen molar-refractivity contribution in [2.75, 3.05) is 5.32 Å². The summed E-state index contributed by atoms with van der Waals surface area (Å²) in [5.74, 6) is 0.451. The Morgan fingerprint density at radius 1 is 1.04 bits per heavy atom. The van der Waals surface area contributed by atoms with Crippen LogP contribution < -0.4 is 5.32 Å². The minimum Gasteiger partial charge on any atom is -0.350 e. The maximum Gasteiger partial charge on any atom is 0.281 e. The average Bonchev–Trinajstić information content (AvgIpc) is 3.17. The second kappa shape index (κ2) is 8.02. The number of nitrogens with one attached hydrogen (secondary N) is 1. The summed E-state index contributed by atoms with van der Waals surface area (Å²) in [6, 6.07) is 20.2. The van der Waals surface area contributed by atoms with Crippen LogP contribution in [-0.2, 0) is 6.54 Å². The van der Waals surface area contributed by atoms with Gasteiger partial charge in [0.05, 0.1) is 0 Å². The Labute approximate surface area is 166 Å². The van der Waals surface area contributed by atoms with E-state index in [2.05, 4.69) is 20.4 Å². The van der Waals surface area contributed by atoms with Gasteiger partial charge in [-0.2, -0.15) is 9.67 Å². The molecule has 138 valence electrons. The zero-order valence-corrected chi connectivity index (χ0v) is 15.5. The van der Waals surface area contributed by atoms with Gasteiger partial charge in [0.25, 0.3) is 5.91 Å². The monoisotopic (exact) mass is 389 g/mol. The number of carbonyl (C=O) groups is 1. The van der Waals surface area contributed by atoms with Gasteiger partial charge in [-0.25, -0.2) is 0 Å². The molecule has 0 fully saturated rings. The maximum absolute atomic E-state index is 13.0. The first-order valence-electron chi connectivity index (χ1n) is 8.66. The van der Waals surface area contributed by atoms with E-state index >= 15 is 0 Å². The quantitative estimate of drug-likeness (QED) is 0.551. The number of nitrogens with zero attached hydrogens (tertiary/aromatic N) is 4. The van der Waals surface area contributed by atoms with E-state index in [1.54, 1.807) is 42.7 Å². The first-order valence-corrected chi connectivity index (χ1v) is 9.04. The summed E-state index contributed by atoms with van der Waals surface area (Å²) in [5.41, 5.74) is 2.22. The number of rotatable bonds is 5. The lowest BCUT2D eigenvalue weighted by molar-refractivity contribution is 0.0947. The molecule has 0 aliphatic rings. The third-order valence-electron chi connectivity index (χ3n) is 4.08. The molecule has 4 rings (SSSR count). The van der Waals surface area contributed by atoms with Crippen LogP contribution in [0.3, 0.4) is 0 Å². The number of anilines is 1. The summed E-state index contributed by atoms with van der Waals surface area (Å²) in [5, 5.41) is 8.09. The second-order valence-electron chi connectivity index (χ2n) is 6.07. The molecule has 0 saturated carbocycles. The number of pyridine rings is 1. The van der Waals surface area contributed by atoms with E-state index < -0.39 is 0 Å². The molecule has 0 amide bonds. The molecule has 0 atom stereocenters. The van der Waals surface area contributed by atoms with Crippen molar-refractivity contribution < 1.29 is 4.79 Å². The number of hydrogen-bond acceptors (Lipinski definition) is 5. The molecule has 0 aliphatic carbocycles. The van der Waals surface area contributed by atoms with Crippen molar-refractivity contribution in [2.45, 2.75) is 6.54 Å². The standard InChI is InChI=1S/C21H16ClN5O/c22-18-10-4-8-16(12-18)20(28)27-21(24-13-15-6-2-1-3-7-15)25-19(26-27)17-9-5-11-23-14-17/h1-12,14H,13H2,(H,24,25,26). The van der Waals surface area contributed by atoms with Crippen LogP contribution in [0.2, 0.25) is 5.02 Å². The summed E-state index contributed by atoms with van der Waals surface area (Å²) < 4.78 is 1.26. The van der Waals surface area contributed by atoms with Gasteiger partial charge in [0.15, 0.2) is 5.82 Å². The number of hydrogen-bond donors (Lipinski definition) is 1. The SMILES string of the molecule is O=C(c1cccc(Cl)c1)n1nc(-c2cccnc2)nc1NCc1ccccc1. The average molecular weight is 390 g/mol. The zero-order valence-electron chi connectivity index (χ0n) is 14.8. The number of aromatic nitrogens is 4. The normalized spacial score (nSPS) is 10.6. The predicted molar refractivity (Wildman–Crippen MR) is 108 cm³/mol. The number of carbonyl (C=O) groups excluding carboxylic acids is 1. The van der Waals surface area contributed by atoms with Crippen LogP contribution in [0.25, 0.3) is 11.4 Å². The molecule has 0 bridgehead atoms. The molecule has 0 aliphatic heterocycles. The van der Waals surface area contributed by atoms with Crippen LogP contribution in [-0.4, -0.2) is 25.7 Å². The molecule has 6 nitrogen and oxygen atoms in total. The summed E-state index contributed by atoms with van der Waals surface area (Å²) >= 11 is 6.04. The van der Waals surface area contributed by atoms with Gasteiger partial charge in [-0.1, -0.05) is 48.0 Å². The predicted octanol–water partition coefficient (Wildman–Crippen LogP) is 4.29. The van der Waals surface area contributed by atoms with E-state index in [1.165, 1.54) is 4.68 Å². The van der Waals surface area contributed by atoms with Crippen molar-refractivity contribution in [3.63, 3.8) is 0 Å². The second-order valence-corrected chi connectivity index (χ2v) is 6.50. The molecule has 1 N–H and O–H groups in total. The van der Waals surface area contributed by atoms with Crippen molar-refractivity contribution in [3.8, 4) is 11.4 Å². The highest BCUT2D eigenvalue weighted by molar-refractivity contribution is 6.31. The lowest BCUT2D eigenvalue weighted by Gasteiger charge is -2.07. The van der Waals surface area contributed by atoms with Gasteiger partial charge in [-0.15, -0.1) is 5.10 Å². The Morgan fingerprint density at radius 2 is 1.89 bits per heavy atom. The van der Waals surface area contributed by atoms with Crippen LogP contribution in [0.5, 0.6) is 0 Å².